The summed E-state index contributed by atoms with van der Waals surface area (Å²) in [5.74, 6) is 0.599. The van der Waals surface area contributed by atoms with E-state index >= 15 is 0 Å². The molecule has 1 aromatic rings. The second-order valence-electron chi connectivity index (χ2n) is 6.99. The Bertz CT molecular complexity index is 592. The van der Waals surface area contributed by atoms with Gasteiger partial charge in [-0.25, -0.2) is 0 Å². The summed E-state index contributed by atoms with van der Waals surface area (Å²) in [7, 11) is 0. The predicted molar refractivity (Wildman–Crippen MR) is 88.2 cm³/mol. The molecule has 0 bridgehead atoms. The van der Waals surface area contributed by atoms with Crippen molar-refractivity contribution in [1.82, 2.24) is 19.6 Å². The second kappa shape index (κ2) is 7.34. The number of fused-ring (bicyclic) bond motifs is 1. The highest BCUT2D eigenvalue weighted by molar-refractivity contribution is 5.78. The molecule has 2 amide bonds. The summed E-state index contributed by atoms with van der Waals surface area (Å²) in [5.41, 5.74) is 0.998. The molecule has 3 rings (SSSR count). The Morgan fingerprint density at radius 2 is 2.00 bits per heavy atom. The fraction of sp³-hybridized carbons (Fsp3) is 0.706. The van der Waals surface area contributed by atoms with Crippen LogP contribution < -0.4 is 0 Å². The molecule has 0 saturated carbocycles. The molecule has 0 spiro atoms. The van der Waals surface area contributed by atoms with Crippen molar-refractivity contribution in [2.24, 2.45) is 5.92 Å². The zero-order chi connectivity index (χ0) is 17.1. The van der Waals surface area contributed by atoms with E-state index in [1.165, 1.54) is 0 Å². The lowest BCUT2D eigenvalue weighted by atomic mass is 10.1. The van der Waals surface area contributed by atoms with Crippen molar-refractivity contribution in [3.63, 3.8) is 0 Å². The third-order valence-electron chi connectivity index (χ3n) is 4.59. The number of morpholine rings is 1. The normalized spacial score (nSPS) is 21.0. The summed E-state index contributed by atoms with van der Waals surface area (Å²) in [5, 5.41) is 4.37. The molecule has 3 heterocycles. The van der Waals surface area contributed by atoms with Gasteiger partial charge >= 0.3 is 0 Å². The lowest BCUT2D eigenvalue weighted by molar-refractivity contribution is -0.139. The molecule has 1 aromatic heterocycles. The molecular formula is C17H26N4O3. The molecule has 1 fully saturated rings. The number of carbonyl (C=O) groups is 2. The summed E-state index contributed by atoms with van der Waals surface area (Å²) in [6.07, 6.45) is 2.66. The molecule has 7 heteroatoms. The number of aromatic nitrogens is 2. The Morgan fingerprint density at radius 3 is 2.71 bits per heavy atom. The van der Waals surface area contributed by atoms with Crippen LogP contribution in [0.2, 0.25) is 0 Å². The highest BCUT2D eigenvalue weighted by atomic mass is 16.5. The maximum absolute atomic E-state index is 12.6. The zero-order valence-corrected chi connectivity index (χ0v) is 14.5. The summed E-state index contributed by atoms with van der Waals surface area (Å²) >= 11 is 0. The van der Waals surface area contributed by atoms with Crippen LogP contribution in [-0.4, -0.2) is 64.2 Å². The first-order valence-corrected chi connectivity index (χ1v) is 8.70. The SMILES string of the molecule is CC(C)CC(=O)N1Cc2ccnn2[C@@H](CC(=O)N2CCOCC2)C1. The summed E-state index contributed by atoms with van der Waals surface area (Å²) in [6, 6.07) is 1.84. The molecule has 7 nitrogen and oxygen atoms in total. The minimum Gasteiger partial charge on any atom is -0.378 e. The van der Waals surface area contributed by atoms with Gasteiger partial charge in [0.25, 0.3) is 0 Å². The Hall–Kier alpha value is -1.89. The van der Waals surface area contributed by atoms with Crippen molar-refractivity contribution in [2.75, 3.05) is 32.8 Å². The van der Waals surface area contributed by atoms with Gasteiger partial charge in [-0.2, -0.15) is 5.10 Å². The van der Waals surface area contributed by atoms with E-state index in [4.69, 9.17) is 4.74 Å². The Morgan fingerprint density at radius 1 is 1.25 bits per heavy atom. The number of carbonyl (C=O) groups excluding carboxylic acids is 2. The Balaban J connectivity index is 1.69. The molecule has 0 radical (unpaired) electrons. The van der Waals surface area contributed by atoms with Crippen LogP contribution in [0, 0.1) is 5.92 Å². The van der Waals surface area contributed by atoms with Crippen molar-refractivity contribution < 1.29 is 14.3 Å². The molecule has 1 atom stereocenters. The fourth-order valence-corrected chi connectivity index (χ4v) is 3.35. The van der Waals surface area contributed by atoms with Gasteiger partial charge in [0.2, 0.25) is 11.8 Å². The maximum atomic E-state index is 12.6. The number of rotatable bonds is 4. The average molecular weight is 334 g/mol. The van der Waals surface area contributed by atoms with Crippen LogP contribution >= 0.6 is 0 Å². The number of hydrogen-bond acceptors (Lipinski definition) is 4. The van der Waals surface area contributed by atoms with Crippen LogP contribution in [0.15, 0.2) is 12.3 Å². The van der Waals surface area contributed by atoms with Gasteiger partial charge in [0.15, 0.2) is 0 Å². The highest BCUT2D eigenvalue weighted by Gasteiger charge is 2.31. The van der Waals surface area contributed by atoms with Crippen molar-refractivity contribution >= 4 is 11.8 Å². The van der Waals surface area contributed by atoms with Crippen LogP contribution in [0.5, 0.6) is 0 Å². The average Bonchev–Trinajstić information content (AvgIpc) is 3.03. The first-order chi connectivity index (χ1) is 11.5. The third-order valence-corrected chi connectivity index (χ3v) is 4.59. The Kier molecular flexibility index (Phi) is 5.18. The molecule has 24 heavy (non-hydrogen) atoms. The van der Waals surface area contributed by atoms with Crippen LogP contribution in [0.1, 0.15) is 38.4 Å². The molecule has 0 unspecified atom stereocenters. The van der Waals surface area contributed by atoms with Gasteiger partial charge in [-0.1, -0.05) is 13.8 Å². The van der Waals surface area contributed by atoms with Crippen LogP contribution in [0.25, 0.3) is 0 Å². The quantitative estimate of drug-likeness (QED) is 0.826. The predicted octanol–water partition coefficient (Wildman–Crippen LogP) is 1.06. The van der Waals surface area contributed by atoms with E-state index in [9.17, 15) is 9.59 Å². The zero-order valence-electron chi connectivity index (χ0n) is 14.5. The summed E-state index contributed by atoms with van der Waals surface area (Å²) < 4.78 is 7.22. The van der Waals surface area contributed by atoms with Gasteiger partial charge in [0.05, 0.1) is 37.9 Å². The minimum absolute atomic E-state index is 0.0878. The Labute approximate surface area is 142 Å². The number of hydrogen-bond donors (Lipinski definition) is 0. The highest BCUT2D eigenvalue weighted by Crippen LogP contribution is 2.25. The lowest BCUT2D eigenvalue weighted by Gasteiger charge is -2.35. The van der Waals surface area contributed by atoms with Gasteiger partial charge < -0.3 is 14.5 Å². The van der Waals surface area contributed by atoms with E-state index in [0.29, 0.717) is 58.2 Å². The van der Waals surface area contributed by atoms with Gasteiger partial charge in [-0.05, 0) is 12.0 Å². The van der Waals surface area contributed by atoms with Crippen LogP contribution in [0.3, 0.4) is 0 Å². The van der Waals surface area contributed by atoms with Crippen LogP contribution in [0.4, 0.5) is 0 Å². The molecule has 0 aromatic carbocycles. The summed E-state index contributed by atoms with van der Waals surface area (Å²) in [4.78, 5) is 28.8. The van der Waals surface area contributed by atoms with Gasteiger partial charge in [-0.15, -0.1) is 0 Å². The first-order valence-electron chi connectivity index (χ1n) is 8.70. The maximum Gasteiger partial charge on any atom is 0.224 e. The van der Waals surface area contributed by atoms with E-state index in [1.54, 1.807) is 6.20 Å². The van der Waals surface area contributed by atoms with Gasteiger partial charge in [0.1, 0.15) is 0 Å². The summed E-state index contributed by atoms with van der Waals surface area (Å²) in [6.45, 7) is 7.72. The standard InChI is InChI=1S/C17H26N4O3/c1-13(2)9-16(22)20-11-14-3-4-18-21(14)15(12-20)10-17(23)19-5-7-24-8-6-19/h3-4,13,15H,5-12H2,1-2H3/t15-/m0/s1. The molecule has 0 aliphatic carbocycles. The first kappa shape index (κ1) is 17.0. The third kappa shape index (κ3) is 3.77. The smallest absolute Gasteiger partial charge is 0.224 e. The molecule has 2 aliphatic heterocycles. The molecule has 1 saturated heterocycles. The van der Waals surface area contributed by atoms with Gasteiger partial charge in [-0.3, -0.25) is 14.3 Å². The number of ether oxygens (including phenoxy) is 1. The van der Waals surface area contributed by atoms with E-state index in [-0.39, 0.29) is 17.9 Å². The fourth-order valence-electron chi connectivity index (χ4n) is 3.35. The van der Waals surface area contributed by atoms with Crippen molar-refractivity contribution in [3.8, 4) is 0 Å². The monoisotopic (exact) mass is 334 g/mol. The van der Waals surface area contributed by atoms with Crippen molar-refractivity contribution in [3.05, 3.63) is 18.0 Å². The number of amides is 2. The minimum atomic E-state index is -0.0878. The number of nitrogens with zero attached hydrogens (tertiary/aromatic N) is 4. The molecular weight excluding hydrogens is 308 g/mol. The largest absolute Gasteiger partial charge is 0.378 e. The topological polar surface area (TPSA) is 67.7 Å². The van der Waals surface area contributed by atoms with Gasteiger partial charge in [0, 0.05) is 32.3 Å². The van der Waals surface area contributed by atoms with Crippen LogP contribution in [-0.2, 0) is 20.9 Å². The molecule has 132 valence electrons. The van der Waals surface area contributed by atoms with E-state index in [0.717, 1.165) is 5.69 Å². The van der Waals surface area contributed by atoms with E-state index in [1.807, 2.05) is 34.4 Å². The van der Waals surface area contributed by atoms with Crippen molar-refractivity contribution in [1.29, 1.82) is 0 Å². The van der Waals surface area contributed by atoms with E-state index < -0.39 is 0 Å². The second-order valence-corrected chi connectivity index (χ2v) is 6.99. The molecule has 2 aliphatic rings. The van der Waals surface area contributed by atoms with E-state index in [2.05, 4.69) is 5.10 Å². The van der Waals surface area contributed by atoms with Crippen molar-refractivity contribution in [2.45, 2.75) is 39.3 Å². The molecule has 0 N–H and O–H groups in total. The lowest BCUT2D eigenvalue weighted by Crippen LogP contribution is -2.45.